The van der Waals surface area contributed by atoms with E-state index in [2.05, 4.69) is 16.7 Å². The van der Waals surface area contributed by atoms with E-state index in [1.807, 2.05) is 50.2 Å². The van der Waals surface area contributed by atoms with Crippen molar-refractivity contribution in [2.75, 3.05) is 42.8 Å². The Hall–Kier alpha value is -2.05. The summed E-state index contributed by atoms with van der Waals surface area (Å²) in [5, 5.41) is 0. The number of anilines is 2. The molecular weight excluding hydrogens is 334 g/mol. The second-order valence-electron chi connectivity index (χ2n) is 6.87. The molecule has 1 saturated heterocycles. The SMILES string of the molecule is Cc1ccc(S(=O)(=O)Nc2ccc(N3CC[NH+](C)CC3)cc2)c(C)c1. The first kappa shape index (κ1) is 17.8. The largest absolute Gasteiger partial charge is 0.360 e. The third-order valence-corrected chi connectivity index (χ3v) is 6.26. The van der Waals surface area contributed by atoms with Gasteiger partial charge in [0.2, 0.25) is 0 Å². The number of sulfonamides is 1. The fourth-order valence-corrected chi connectivity index (χ4v) is 4.48. The van der Waals surface area contributed by atoms with E-state index in [0.717, 1.165) is 43.0 Å². The van der Waals surface area contributed by atoms with Crippen molar-refractivity contribution in [3.05, 3.63) is 53.6 Å². The Morgan fingerprint density at radius 3 is 2.24 bits per heavy atom. The smallest absolute Gasteiger partial charge is 0.262 e. The van der Waals surface area contributed by atoms with Crippen molar-refractivity contribution >= 4 is 21.4 Å². The quantitative estimate of drug-likeness (QED) is 0.868. The molecule has 1 aliphatic rings. The van der Waals surface area contributed by atoms with Crippen LogP contribution in [0, 0.1) is 13.8 Å². The van der Waals surface area contributed by atoms with E-state index >= 15 is 0 Å². The molecule has 6 heteroatoms. The fraction of sp³-hybridized carbons (Fsp3) is 0.368. The zero-order valence-corrected chi connectivity index (χ0v) is 15.9. The van der Waals surface area contributed by atoms with Crippen molar-refractivity contribution in [3.8, 4) is 0 Å². The van der Waals surface area contributed by atoms with E-state index in [0.29, 0.717) is 10.6 Å². The van der Waals surface area contributed by atoms with Gasteiger partial charge in [0.25, 0.3) is 10.0 Å². The van der Waals surface area contributed by atoms with Crippen LogP contribution in [0.15, 0.2) is 47.4 Å². The number of hydrogen-bond acceptors (Lipinski definition) is 3. The maximum Gasteiger partial charge on any atom is 0.262 e. The number of quaternary nitrogens is 1. The average molecular weight is 361 g/mol. The lowest BCUT2D eigenvalue weighted by Crippen LogP contribution is -3.12. The molecule has 0 aliphatic carbocycles. The molecule has 1 fully saturated rings. The van der Waals surface area contributed by atoms with Gasteiger partial charge in [0.05, 0.1) is 38.1 Å². The Balaban J connectivity index is 1.74. The molecule has 5 nitrogen and oxygen atoms in total. The van der Waals surface area contributed by atoms with Crippen molar-refractivity contribution in [2.24, 2.45) is 0 Å². The van der Waals surface area contributed by atoms with E-state index in [-0.39, 0.29) is 0 Å². The summed E-state index contributed by atoms with van der Waals surface area (Å²) >= 11 is 0. The highest BCUT2D eigenvalue weighted by Gasteiger charge is 2.19. The standard InChI is InChI=1S/C19H25N3O2S/c1-15-4-9-19(16(2)14-15)25(23,24)20-17-5-7-18(8-6-17)22-12-10-21(3)11-13-22/h4-9,14,20H,10-13H2,1-3H3/p+1. The first-order chi connectivity index (χ1) is 11.8. The predicted octanol–water partition coefficient (Wildman–Crippen LogP) is 1.44. The van der Waals surface area contributed by atoms with Gasteiger partial charge in [0, 0.05) is 11.4 Å². The Bertz CT molecular complexity index is 839. The molecule has 0 bridgehead atoms. The highest BCUT2D eigenvalue weighted by Crippen LogP contribution is 2.23. The molecule has 2 aromatic carbocycles. The average Bonchev–Trinajstić information content (AvgIpc) is 2.55. The molecule has 2 N–H and O–H groups in total. The first-order valence-electron chi connectivity index (χ1n) is 8.61. The Morgan fingerprint density at radius 1 is 1.00 bits per heavy atom. The summed E-state index contributed by atoms with van der Waals surface area (Å²) in [6.45, 7) is 8.08. The molecule has 25 heavy (non-hydrogen) atoms. The van der Waals surface area contributed by atoms with Crippen LogP contribution in [0.3, 0.4) is 0 Å². The summed E-state index contributed by atoms with van der Waals surface area (Å²) in [4.78, 5) is 4.22. The molecule has 3 rings (SSSR count). The molecule has 0 aromatic heterocycles. The fourth-order valence-electron chi connectivity index (χ4n) is 3.20. The van der Waals surface area contributed by atoms with Crippen LogP contribution in [0.2, 0.25) is 0 Å². The van der Waals surface area contributed by atoms with Gasteiger partial charge in [-0.1, -0.05) is 17.7 Å². The molecule has 1 aliphatic heterocycles. The zero-order chi connectivity index (χ0) is 18.0. The van der Waals surface area contributed by atoms with Crippen LogP contribution in [-0.2, 0) is 10.0 Å². The van der Waals surface area contributed by atoms with Crippen LogP contribution in [0.5, 0.6) is 0 Å². The van der Waals surface area contributed by atoms with Crippen LogP contribution in [0.4, 0.5) is 11.4 Å². The normalized spacial score (nSPS) is 16.0. The number of aryl methyl sites for hydroxylation is 2. The highest BCUT2D eigenvalue weighted by molar-refractivity contribution is 7.92. The second-order valence-corrected chi connectivity index (χ2v) is 8.52. The third-order valence-electron chi connectivity index (χ3n) is 4.72. The summed E-state index contributed by atoms with van der Waals surface area (Å²) in [5.74, 6) is 0. The van der Waals surface area contributed by atoms with Crippen LogP contribution in [0.1, 0.15) is 11.1 Å². The number of piperazine rings is 1. The van der Waals surface area contributed by atoms with E-state index in [1.165, 1.54) is 0 Å². The van der Waals surface area contributed by atoms with Crippen molar-refractivity contribution in [1.29, 1.82) is 0 Å². The minimum Gasteiger partial charge on any atom is -0.360 e. The number of nitrogens with one attached hydrogen (secondary N) is 2. The molecule has 2 aromatic rings. The molecule has 0 atom stereocenters. The van der Waals surface area contributed by atoms with Gasteiger partial charge in [0.1, 0.15) is 0 Å². The van der Waals surface area contributed by atoms with Gasteiger partial charge in [-0.05, 0) is 49.7 Å². The van der Waals surface area contributed by atoms with Gasteiger partial charge in [0.15, 0.2) is 0 Å². The van der Waals surface area contributed by atoms with Gasteiger partial charge < -0.3 is 9.80 Å². The third kappa shape index (κ3) is 4.14. The van der Waals surface area contributed by atoms with Crippen LogP contribution in [0.25, 0.3) is 0 Å². The summed E-state index contributed by atoms with van der Waals surface area (Å²) in [6, 6.07) is 13.0. The van der Waals surface area contributed by atoms with Gasteiger partial charge in [-0.25, -0.2) is 8.42 Å². The van der Waals surface area contributed by atoms with Crippen molar-refractivity contribution in [2.45, 2.75) is 18.7 Å². The first-order valence-corrected chi connectivity index (χ1v) is 10.1. The van der Waals surface area contributed by atoms with Crippen LogP contribution < -0.4 is 14.5 Å². The number of nitrogens with zero attached hydrogens (tertiary/aromatic N) is 1. The van der Waals surface area contributed by atoms with E-state index in [4.69, 9.17) is 0 Å². The molecule has 0 saturated carbocycles. The Labute approximate surface area is 150 Å². The topological polar surface area (TPSA) is 53.9 Å². The summed E-state index contributed by atoms with van der Waals surface area (Å²) in [6.07, 6.45) is 0. The van der Waals surface area contributed by atoms with Crippen LogP contribution >= 0.6 is 0 Å². The highest BCUT2D eigenvalue weighted by atomic mass is 32.2. The molecule has 1 heterocycles. The van der Waals surface area contributed by atoms with E-state index < -0.39 is 10.0 Å². The summed E-state index contributed by atoms with van der Waals surface area (Å²) in [5.41, 5.74) is 3.53. The molecular formula is C19H26N3O2S+. The van der Waals surface area contributed by atoms with Gasteiger partial charge in [-0.3, -0.25) is 4.72 Å². The maximum atomic E-state index is 12.6. The summed E-state index contributed by atoms with van der Waals surface area (Å²) in [7, 11) is -1.36. The van der Waals surface area contributed by atoms with Crippen molar-refractivity contribution in [3.63, 3.8) is 0 Å². The number of rotatable bonds is 4. The Morgan fingerprint density at radius 2 is 1.64 bits per heavy atom. The lowest BCUT2D eigenvalue weighted by atomic mass is 10.2. The second kappa shape index (κ2) is 7.06. The van der Waals surface area contributed by atoms with Crippen molar-refractivity contribution < 1.29 is 13.3 Å². The number of hydrogen-bond donors (Lipinski definition) is 2. The minimum absolute atomic E-state index is 0.323. The molecule has 0 unspecified atom stereocenters. The maximum absolute atomic E-state index is 12.6. The van der Waals surface area contributed by atoms with Gasteiger partial charge >= 0.3 is 0 Å². The number of likely N-dealkylation sites (N-methyl/N-ethyl adjacent to an activating group) is 1. The molecule has 0 radical (unpaired) electrons. The Kier molecular flexibility index (Phi) is 5.01. The monoisotopic (exact) mass is 360 g/mol. The summed E-state index contributed by atoms with van der Waals surface area (Å²) < 4.78 is 27.9. The molecule has 134 valence electrons. The van der Waals surface area contributed by atoms with Crippen LogP contribution in [-0.4, -0.2) is 41.6 Å². The lowest BCUT2D eigenvalue weighted by molar-refractivity contribution is -0.880. The predicted molar refractivity (Wildman–Crippen MR) is 102 cm³/mol. The van der Waals surface area contributed by atoms with E-state index in [1.54, 1.807) is 11.0 Å². The van der Waals surface area contributed by atoms with Gasteiger partial charge in [-0.2, -0.15) is 0 Å². The lowest BCUT2D eigenvalue weighted by Gasteiger charge is -2.31. The van der Waals surface area contributed by atoms with Gasteiger partial charge in [-0.15, -0.1) is 0 Å². The number of benzene rings is 2. The molecule has 0 amide bonds. The minimum atomic E-state index is -3.57. The van der Waals surface area contributed by atoms with Crippen molar-refractivity contribution in [1.82, 2.24) is 0 Å². The zero-order valence-electron chi connectivity index (χ0n) is 15.0. The molecule has 0 spiro atoms. The van der Waals surface area contributed by atoms with E-state index in [9.17, 15) is 8.42 Å².